The summed E-state index contributed by atoms with van der Waals surface area (Å²) in [6, 6.07) is 5.78. The second-order valence-corrected chi connectivity index (χ2v) is 7.24. The van der Waals surface area contributed by atoms with Crippen LogP contribution >= 0.6 is 0 Å². The second kappa shape index (κ2) is 7.95. The molecule has 3 rings (SSSR count). The first-order valence-electron chi connectivity index (χ1n) is 9.18. The third kappa shape index (κ3) is 4.37. The van der Waals surface area contributed by atoms with Crippen molar-refractivity contribution in [1.82, 2.24) is 14.8 Å². The van der Waals surface area contributed by atoms with Gasteiger partial charge in [-0.3, -0.25) is 14.6 Å². The van der Waals surface area contributed by atoms with Crippen molar-refractivity contribution in [2.45, 2.75) is 38.5 Å². The van der Waals surface area contributed by atoms with Crippen molar-refractivity contribution in [3.05, 3.63) is 30.1 Å². The predicted octanol–water partition coefficient (Wildman–Crippen LogP) is 1.24. The summed E-state index contributed by atoms with van der Waals surface area (Å²) in [4.78, 5) is 32.4. The molecule has 1 aromatic rings. The molecule has 0 bridgehead atoms. The highest BCUT2D eigenvalue weighted by molar-refractivity contribution is 5.77. The first-order valence-corrected chi connectivity index (χ1v) is 9.18. The van der Waals surface area contributed by atoms with Crippen LogP contribution in [0, 0.1) is 5.41 Å². The number of aromatic nitrogens is 1. The standard InChI is InChI=1S/C19H27N3O3/c23-14-13-22-15-19(7-6-18(22)25)8-11-21(12-9-19)17(24)5-4-16-3-1-2-10-20-16/h1-3,10,23H,4-9,11-15H2. The van der Waals surface area contributed by atoms with Gasteiger partial charge in [-0.2, -0.15) is 0 Å². The third-order valence-corrected chi connectivity index (χ3v) is 5.62. The number of aryl methyl sites for hydroxylation is 1. The Morgan fingerprint density at radius 3 is 2.72 bits per heavy atom. The Bertz CT molecular complexity index is 597. The summed E-state index contributed by atoms with van der Waals surface area (Å²) in [6.45, 7) is 2.69. The number of β-amino-alcohol motifs (C(OH)–C–C–N with tert-alkyl or cyclic N) is 1. The topological polar surface area (TPSA) is 73.7 Å². The molecule has 3 heterocycles. The minimum Gasteiger partial charge on any atom is -0.395 e. The maximum Gasteiger partial charge on any atom is 0.222 e. The molecule has 1 aromatic heterocycles. The number of nitrogens with zero attached hydrogens (tertiary/aromatic N) is 3. The van der Waals surface area contributed by atoms with Crippen LogP contribution in [0.1, 0.15) is 37.8 Å². The molecule has 25 heavy (non-hydrogen) atoms. The molecular formula is C19H27N3O3. The van der Waals surface area contributed by atoms with E-state index in [9.17, 15) is 9.59 Å². The number of amides is 2. The SMILES string of the molecule is O=C(CCc1ccccn1)N1CCC2(CCC(=O)N(CCO)C2)CC1. The number of carbonyl (C=O) groups is 2. The van der Waals surface area contributed by atoms with E-state index in [2.05, 4.69) is 4.98 Å². The van der Waals surface area contributed by atoms with E-state index in [0.717, 1.165) is 44.6 Å². The zero-order chi connectivity index (χ0) is 17.7. The Balaban J connectivity index is 1.49. The molecular weight excluding hydrogens is 318 g/mol. The predicted molar refractivity (Wildman–Crippen MR) is 93.7 cm³/mol. The van der Waals surface area contributed by atoms with Crippen LogP contribution in [-0.2, 0) is 16.0 Å². The number of aliphatic hydroxyl groups excluding tert-OH is 1. The number of piperidine rings is 2. The molecule has 2 fully saturated rings. The second-order valence-electron chi connectivity index (χ2n) is 7.24. The highest BCUT2D eigenvalue weighted by Gasteiger charge is 2.41. The summed E-state index contributed by atoms with van der Waals surface area (Å²) < 4.78 is 0. The molecule has 2 amide bonds. The maximum atomic E-state index is 12.5. The summed E-state index contributed by atoms with van der Waals surface area (Å²) in [7, 11) is 0. The van der Waals surface area contributed by atoms with E-state index in [1.165, 1.54) is 0 Å². The lowest BCUT2D eigenvalue weighted by molar-refractivity contribution is -0.143. The van der Waals surface area contributed by atoms with Gasteiger partial charge in [-0.15, -0.1) is 0 Å². The lowest BCUT2D eigenvalue weighted by atomic mass is 9.72. The first kappa shape index (κ1) is 17.9. The van der Waals surface area contributed by atoms with Crippen molar-refractivity contribution in [3.8, 4) is 0 Å². The smallest absolute Gasteiger partial charge is 0.222 e. The number of hydrogen-bond donors (Lipinski definition) is 1. The number of hydrogen-bond acceptors (Lipinski definition) is 4. The molecule has 2 aliphatic rings. The Hall–Kier alpha value is -1.95. The van der Waals surface area contributed by atoms with Gasteiger partial charge in [-0.1, -0.05) is 6.07 Å². The Morgan fingerprint density at radius 2 is 2.04 bits per heavy atom. The number of likely N-dealkylation sites (tertiary alicyclic amines) is 2. The van der Waals surface area contributed by atoms with Gasteiger partial charge in [0.25, 0.3) is 0 Å². The van der Waals surface area contributed by atoms with Crippen molar-refractivity contribution in [1.29, 1.82) is 0 Å². The molecule has 0 radical (unpaired) electrons. The summed E-state index contributed by atoms with van der Waals surface area (Å²) in [5, 5.41) is 9.14. The summed E-state index contributed by atoms with van der Waals surface area (Å²) in [6.07, 6.45) is 6.29. The van der Waals surface area contributed by atoms with E-state index in [1.54, 1.807) is 11.1 Å². The van der Waals surface area contributed by atoms with Crippen molar-refractivity contribution in [2.24, 2.45) is 5.41 Å². The normalized spacial score (nSPS) is 20.1. The third-order valence-electron chi connectivity index (χ3n) is 5.62. The lowest BCUT2D eigenvalue weighted by Gasteiger charge is -2.47. The molecule has 1 N–H and O–H groups in total. The molecule has 2 aliphatic heterocycles. The number of pyridine rings is 1. The molecule has 2 saturated heterocycles. The molecule has 136 valence electrons. The molecule has 0 saturated carbocycles. The molecule has 6 heteroatoms. The molecule has 0 atom stereocenters. The van der Waals surface area contributed by atoms with E-state index in [-0.39, 0.29) is 23.8 Å². The zero-order valence-corrected chi connectivity index (χ0v) is 14.7. The molecule has 0 unspecified atom stereocenters. The highest BCUT2D eigenvalue weighted by atomic mass is 16.3. The van der Waals surface area contributed by atoms with E-state index in [0.29, 0.717) is 25.8 Å². The Kier molecular flexibility index (Phi) is 5.68. The van der Waals surface area contributed by atoms with Crippen molar-refractivity contribution in [2.75, 3.05) is 32.8 Å². The van der Waals surface area contributed by atoms with E-state index >= 15 is 0 Å². The van der Waals surface area contributed by atoms with Gasteiger partial charge in [0.2, 0.25) is 11.8 Å². The van der Waals surface area contributed by atoms with Gasteiger partial charge in [-0.05, 0) is 43.2 Å². The van der Waals surface area contributed by atoms with Gasteiger partial charge in [-0.25, -0.2) is 0 Å². The highest BCUT2D eigenvalue weighted by Crippen LogP contribution is 2.40. The van der Waals surface area contributed by atoms with E-state index in [4.69, 9.17) is 5.11 Å². The molecule has 0 aromatic carbocycles. The zero-order valence-electron chi connectivity index (χ0n) is 14.7. The molecule has 6 nitrogen and oxygen atoms in total. The number of rotatable bonds is 5. The number of carbonyl (C=O) groups excluding carboxylic acids is 2. The van der Waals surface area contributed by atoms with Crippen LogP contribution in [0.25, 0.3) is 0 Å². The summed E-state index contributed by atoms with van der Waals surface area (Å²) >= 11 is 0. The summed E-state index contributed by atoms with van der Waals surface area (Å²) in [5.74, 6) is 0.341. The average Bonchev–Trinajstić information content (AvgIpc) is 2.65. The fourth-order valence-electron chi connectivity index (χ4n) is 4.00. The van der Waals surface area contributed by atoms with Gasteiger partial charge in [0.1, 0.15) is 0 Å². The van der Waals surface area contributed by atoms with Gasteiger partial charge < -0.3 is 14.9 Å². The van der Waals surface area contributed by atoms with Crippen LogP contribution in [0.4, 0.5) is 0 Å². The first-order chi connectivity index (χ1) is 12.1. The van der Waals surface area contributed by atoms with E-state index in [1.807, 2.05) is 23.1 Å². The van der Waals surface area contributed by atoms with Gasteiger partial charge in [0.15, 0.2) is 0 Å². The van der Waals surface area contributed by atoms with Crippen molar-refractivity contribution >= 4 is 11.8 Å². The van der Waals surface area contributed by atoms with Crippen LogP contribution in [0.2, 0.25) is 0 Å². The molecule has 1 spiro atoms. The van der Waals surface area contributed by atoms with E-state index < -0.39 is 0 Å². The van der Waals surface area contributed by atoms with Gasteiger partial charge in [0.05, 0.1) is 6.61 Å². The largest absolute Gasteiger partial charge is 0.395 e. The van der Waals surface area contributed by atoms with Gasteiger partial charge in [0, 0.05) is 50.9 Å². The van der Waals surface area contributed by atoms with Crippen molar-refractivity contribution in [3.63, 3.8) is 0 Å². The minimum atomic E-state index is 0.0138. The van der Waals surface area contributed by atoms with Crippen LogP contribution < -0.4 is 0 Å². The minimum absolute atomic E-state index is 0.0138. The Morgan fingerprint density at radius 1 is 1.24 bits per heavy atom. The fourth-order valence-corrected chi connectivity index (χ4v) is 4.00. The maximum absolute atomic E-state index is 12.5. The molecule has 0 aliphatic carbocycles. The quantitative estimate of drug-likeness (QED) is 0.871. The monoisotopic (exact) mass is 345 g/mol. The lowest BCUT2D eigenvalue weighted by Crippen LogP contribution is -2.52. The average molecular weight is 345 g/mol. The summed E-state index contributed by atoms with van der Waals surface area (Å²) in [5.41, 5.74) is 1.08. The number of aliphatic hydroxyl groups is 1. The van der Waals surface area contributed by atoms with Gasteiger partial charge >= 0.3 is 0 Å². The van der Waals surface area contributed by atoms with Crippen LogP contribution in [0.15, 0.2) is 24.4 Å². The van der Waals surface area contributed by atoms with Crippen LogP contribution in [-0.4, -0.2) is 64.5 Å². The van der Waals surface area contributed by atoms with Crippen molar-refractivity contribution < 1.29 is 14.7 Å². The van der Waals surface area contributed by atoms with Crippen LogP contribution in [0.3, 0.4) is 0 Å². The Labute approximate surface area is 148 Å². The van der Waals surface area contributed by atoms with Crippen LogP contribution in [0.5, 0.6) is 0 Å². The fraction of sp³-hybridized carbons (Fsp3) is 0.632.